The van der Waals surface area contributed by atoms with Crippen molar-refractivity contribution in [3.8, 4) is 5.75 Å². The summed E-state index contributed by atoms with van der Waals surface area (Å²) in [6.45, 7) is 3.52. The van der Waals surface area contributed by atoms with Gasteiger partial charge in [0.05, 0.1) is 12.8 Å². The molecular weight excluding hydrogens is 326 g/mol. The third kappa shape index (κ3) is 3.44. The second-order valence-corrected chi connectivity index (χ2v) is 6.11. The second-order valence-electron chi connectivity index (χ2n) is 6.11. The van der Waals surface area contributed by atoms with E-state index in [1.807, 2.05) is 37.3 Å². The predicted octanol–water partition coefficient (Wildman–Crippen LogP) is 4.10. The number of nitrogens with one attached hydrogen (secondary N) is 1. The Kier molecular flexibility index (Phi) is 4.64. The van der Waals surface area contributed by atoms with Crippen molar-refractivity contribution in [3.63, 3.8) is 0 Å². The number of aromatic nitrogens is 3. The molecule has 1 aromatic heterocycles. The van der Waals surface area contributed by atoms with Crippen molar-refractivity contribution in [2.24, 2.45) is 0 Å². The molecule has 0 fully saturated rings. The predicted molar refractivity (Wildman–Crippen MR) is 102 cm³/mol. The number of rotatable bonds is 5. The minimum Gasteiger partial charge on any atom is -0.494 e. The van der Waals surface area contributed by atoms with Gasteiger partial charge in [-0.05, 0) is 55.7 Å². The Morgan fingerprint density at radius 3 is 2.81 bits per heavy atom. The molecule has 132 valence electrons. The van der Waals surface area contributed by atoms with Gasteiger partial charge in [0.1, 0.15) is 5.75 Å². The van der Waals surface area contributed by atoms with Gasteiger partial charge in [0.25, 0.3) is 5.95 Å². The first kappa shape index (κ1) is 16.3. The molecule has 0 amide bonds. The minimum absolute atomic E-state index is 0.619. The highest BCUT2D eigenvalue weighted by Gasteiger charge is 2.20. The Balaban J connectivity index is 1.56. The summed E-state index contributed by atoms with van der Waals surface area (Å²) >= 11 is 0. The smallest absolute Gasteiger partial charge is 0.251 e. The maximum atomic E-state index is 5.47. The van der Waals surface area contributed by atoms with Gasteiger partial charge in [-0.25, -0.2) is 0 Å². The van der Waals surface area contributed by atoms with E-state index in [0.717, 1.165) is 30.8 Å². The van der Waals surface area contributed by atoms with Gasteiger partial charge in [-0.3, -0.25) is 0 Å². The van der Waals surface area contributed by atoms with Gasteiger partial charge >= 0.3 is 0 Å². The van der Waals surface area contributed by atoms with Crippen LogP contribution in [0.25, 0.3) is 0 Å². The summed E-state index contributed by atoms with van der Waals surface area (Å²) in [7, 11) is 0. The van der Waals surface area contributed by atoms with Crippen LogP contribution >= 0.6 is 0 Å². The van der Waals surface area contributed by atoms with Gasteiger partial charge in [-0.2, -0.15) is 10.1 Å². The van der Waals surface area contributed by atoms with Crippen LogP contribution in [0.5, 0.6) is 5.75 Å². The number of ether oxygens (including phenoxy) is 1. The van der Waals surface area contributed by atoms with Crippen LogP contribution in [0, 0.1) is 0 Å². The lowest BCUT2D eigenvalue weighted by Gasteiger charge is -2.29. The molecule has 0 unspecified atom stereocenters. The van der Waals surface area contributed by atoms with Crippen LogP contribution in [0.4, 0.5) is 23.1 Å². The van der Waals surface area contributed by atoms with Crippen LogP contribution in [0.3, 0.4) is 0 Å². The molecule has 0 radical (unpaired) electrons. The van der Waals surface area contributed by atoms with E-state index in [1.165, 1.54) is 11.3 Å². The van der Waals surface area contributed by atoms with E-state index >= 15 is 0 Å². The van der Waals surface area contributed by atoms with Crippen molar-refractivity contribution in [1.82, 2.24) is 15.2 Å². The van der Waals surface area contributed by atoms with Gasteiger partial charge in [0.2, 0.25) is 0 Å². The Bertz CT molecular complexity index is 881. The number of para-hydroxylation sites is 1. The average molecular weight is 347 g/mol. The lowest BCUT2D eigenvalue weighted by atomic mass is 10.0. The molecule has 0 saturated heterocycles. The van der Waals surface area contributed by atoms with Crippen molar-refractivity contribution < 1.29 is 4.74 Å². The summed E-state index contributed by atoms with van der Waals surface area (Å²) in [5, 5.41) is 11.7. The summed E-state index contributed by atoms with van der Waals surface area (Å²) in [6, 6.07) is 16.2. The molecule has 4 rings (SSSR count). The van der Waals surface area contributed by atoms with Gasteiger partial charge < -0.3 is 15.0 Å². The third-order valence-electron chi connectivity index (χ3n) is 4.34. The van der Waals surface area contributed by atoms with Gasteiger partial charge in [-0.15, -0.1) is 5.10 Å². The molecule has 6 nitrogen and oxygen atoms in total. The van der Waals surface area contributed by atoms with E-state index in [0.29, 0.717) is 18.4 Å². The van der Waals surface area contributed by atoms with Crippen LogP contribution in [-0.4, -0.2) is 28.3 Å². The van der Waals surface area contributed by atoms with Crippen LogP contribution in [-0.2, 0) is 6.42 Å². The largest absolute Gasteiger partial charge is 0.494 e. The zero-order valence-corrected chi connectivity index (χ0v) is 14.7. The first-order valence-corrected chi connectivity index (χ1v) is 8.88. The first-order valence-electron chi connectivity index (χ1n) is 8.88. The number of hydrogen-bond acceptors (Lipinski definition) is 6. The lowest BCUT2D eigenvalue weighted by molar-refractivity contribution is 0.340. The monoisotopic (exact) mass is 347 g/mol. The van der Waals surface area contributed by atoms with Gasteiger partial charge in [0.15, 0.2) is 5.82 Å². The molecule has 0 aliphatic carbocycles. The zero-order chi connectivity index (χ0) is 17.8. The van der Waals surface area contributed by atoms with E-state index < -0.39 is 0 Å². The quantitative estimate of drug-likeness (QED) is 0.750. The van der Waals surface area contributed by atoms with Crippen molar-refractivity contribution >= 4 is 23.1 Å². The molecule has 2 aromatic carbocycles. The highest BCUT2D eigenvalue weighted by molar-refractivity contribution is 5.64. The highest BCUT2D eigenvalue weighted by atomic mass is 16.5. The Morgan fingerprint density at radius 2 is 1.96 bits per heavy atom. The molecule has 6 heteroatoms. The summed E-state index contributed by atoms with van der Waals surface area (Å²) < 4.78 is 5.47. The molecule has 0 bridgehead atoms. The number of anilines is 4. The molecule has 3 aromatic rings. The molecule has 1 aliphatic heterocycles. The van der Waals surface area contributed by atoms with E-state index in [4.69, 9.17) is 4.74 Å². The van der Waals surface area contributed by atoms with E-state index in [2.05, 4.69) is 43.6 Å². The number of fused-ring (bicyclic) bond motifs is 1. The Hall–Kier alpha value is -3.15. The number of aryl methyl sites for hydroxylation is 1. The topological polar surface area (TPSA) is 63.2 Å². The maximum absolute atomic E-state index is 5.47. The molecule has 0 atom stereocenters. The molecule has 2 heterocycles. The molecule has 26 heavy (non-hydrogen) atoms. The standard InChI is InChI=1S/C20H21N5O/c1-2-26-17-11-9-16(10-12-17)22-19-14-21-24-20(23-19)25-13-5-7-15-6-3-4-8-18(15)25/h3-4,6,8-12,14H,2,5,7,13H2,1H3,(H,22,23,24). The number of hydrogen-bond donors (Lipinski definition) is 1. The molecule has 1 aliphatic rings. The molecular formula is C20H21N5O. The van der Waals surface area contributed by atoms with E-state index in [-0.39, 0.29) is 0 Å². The summed E-state index contributed by atoms with van der Waals surface area (Å²) in [5.41, 5.74) is 3.42. The summed E-state index contributed by atoms with van der Waals surface area (Å²) in [6.07, 6.45) is 3.80. The average Bonchev–Trinajstić information content (AvgIpc) is 2.69. The first-order chi connectivity index (χ1) is 12.8. The van der Waals surface area contributed by atoms with Gasteiger partial charge in [0, 0.05) is 17.9 Å². The number of nitrogens with zero attached hydrogens (tertiary/aromatic N) is 4. The van der Waals surface area contributed by atoms with Crippen molar-refractivity contribution in [3.05, 3.63) is 60.3 Å². The fraction of sp³-hybridized carbons (Fsp3) is 0.250. The fourth-order valence-corrected chi connectivity index (χ4v) is 3.16. The summed E-state index contributed by atoms with van der Waals surface area (Å²) in [4.78, 5) is 6.79. The van der Waals surface area contributed by atoms with Crippen LogP contribution in [0.2, 0.25) is 0 Å². The number of benzene rings is 2. The van der Waals surface area contributed by atoms with Crippen molar-refractivity contribution in [2.45, 2.75) is 19.8 Å². The van der Waals surface area contributed by atoms with Crippen LogP contribution < -0.4 is 15.0 Å². The van der Waals surface area contributed by atoms with Gasteiger partial charge in [-0.1, -0.05) is 18.2 Å². The minimum atomic E-state index is 0.619. The third-order valence-corrected chi connectivity index (χ3v) is 4.34. The molecule has 0 spiro atoms. The molecule has 1 N–H and O–H groups in total. The van der Waals surface area contributed by atoms with Crippen LogP contribution in [0.1, 0.15) is 18.9 Å². The molecule has 0 saturated carbocycles. The normalized spacial score (nSPS) is 13.2. The lowest BCUT2D eigenvalue weighted by Crippen LogP contribution is -2.26. The SMILES string of the molecule is CCOc1ccc(Nc2cnnc(N3CCCc4ccccc43)n2)cc1. The highest BCUT2D eigenvalue weighted by Crippen LogP contribution is 2.31. The van der Waals surface area contributed by atoms with E-state index in [1.54, 1.807) is 6.20 Å². The Labute approximate surface area is 152 Å². The second kappa shape index (κ2) is 7.39. The zero-order valence-electron chi connectivity index (χ0n) is 14.7. The van der Waals surface area contributed by atoms with Crippen LogP contribution in [0.15, 0.2) is 54.7 Å². The van der Waals surface area contributed by atoms with Crippen molar-refractivity contribution in [1.29, 1.82) is 0 Å². The Morgan fingerprint density at radius 1 is 1.12 bits per heavy atom. The summed E-state index contributed by atoms with van der Waals surface area (Å²) in [5.74, 6) is 2.14. The maximum Gasteiger partial charge on any atom is 0.251 e. The fourth-order valence-electron chi connectivity index (χ4n) is 3.16. The van der Waals surface area contributed by atoms with E-state index in [9.17, 15) is 0 Å². The van der Waals surface area contributed by atoms with Crippen molar-refractivity contribution in [2.75, 3.05) is 23.4 Å².